The zero-order valence-electron chi connectivity index (χ0n) is 8.81. The first kappa shape index (κ1) is 12.0. The number of carboxylic acid groups (broad SMARTS) is 1. The van der Waals surface area contributed by atoms with E-state index in [9.17, 15) is 4.79 Å². The van der Waals surface area contributed by atoms with Gasteiger partial charge in [-0.1, -0.05) is 6.07 Å². The average molecular weight is 343 g/mol. The normalized spacial score (nSPS) is 10.2. The van der Waals surface area contributed by atoms with E-state index in [2.05, 4.69) is 27.9 Å². The van der Waals surface area contributed by atoms with Crippen molar-refractivity contribution in [2.24, 2.45) is 0 Å². The smallest absolute Gasteiger partial charge is 0.372 e. The number of nitrogens with one attached hydrogen (secondary N) is 1. The molecule has 4 nitrogen and oxygen atoms in total. The van der Waals surface area contributed by atoms with E-state index in [4.69, 9.17) is 9.52 Å². The van der Waals surface area contributed by atoms with Crippen molar-refractivity contribution in [1.29, 1.82) is 0 Å². The number of carboxylic acids is 1. The Morgan fingerprint density at radius 1 is 1.41 bits per heavy atom. The fourth-order valence-corrected chi connectivity index (χ4v) is 2.00. The van der Waals surface area contributed by atoms with Gasteiger partial charge >= 0.3 is 5.97 Å². The molecule has 0 aliphatic carbocycles. The second-order valence-electron chi connectivity index (χ2n) is 3.44. The third-order valence-electron chi connectivity index (χ3n) is 2.25. The van der Waals surface area contributed by atoms with Gasteiger partial charge in [-0.25, -0.2) is 4.79 Å². The summed E-state index contributed by atoms with van der Waals surface area (Å²) < 4.78 is 6.02. The van der Waals surface area contributed by atoms with Crippen LogP contribution in [0.4, 0.5) is 5.69 Å². The summed E-state index contributed by atoms with van der Waals surface area (Å²) in [5, 5.41) is 12.0. The van der Waals surface area contributed by atoms with Gasteiger partial charge in [0.2, 0.25) is 5.76 Å². The maximum absolute atomic E-state index is 10.8. The lowest BCUT2D eigenvalue weighted by Gasteiger charge is -2.05. The van der Waals surface area contributed by atoms with Gasteiger partial charge in [-0.3, -0.25) is 0 Å². The molecule has 0 aliphatic rings. The summed E-state index contributed by atoms with van der Waals surface area (Å²) in [6, 6.07) is 9.51. The molecule has 0 radical (unpaired) electrons. The maximum atomic E-state index is 10.8. The molecule has 0 aliphatic heterocycles. The standard InChI is InChI=1S/C12H10INO3/c13-9-2-1-3-10(6-9)14-7-8-4-5-17-11(8)12(15)16/h1-6,14H,7H2,(H,15,16). The summed E-state index contributed by atoms with van der Waals surface area (Å²) in [4.78, 5) is 10.8. The molecule has 2 rings (SSSR count). The Hall–Kier alpha value is -1.50. The molecule has 17 heavy (non-hydrogen) atoms. The lowest BCUT2D eigenvalue weighted by atomic mass is 10.2. The van der Waals surface area contributed by atoms with Crippen LogP contribution >= 0.6 is 22.6 Å². The first-order chi connectivity index (χ1) is 8.16. The minimum absolute atomic E-state index is 0.0110. The third kappa shape index (κ3) is 3.00. The van der Waals surface area contributed by atoms with E-state index in [1.165, 1.54) is 6.26 Å². The summed E-state index contributed by atoms with van der Waals surface area (Å²) in [5.41, 5.74) is 1.59. The van der Waals surface area contributed by atoms with Crippen molar-refractivity contribution in [3.05, 3.63) is 51.5 Å². The Morgan fingerprint density at radius 2 is 2.24 bits per heavy atom. The topological polar surface area (TPSA) is 62.5 Å². The van der Waals surface area contributed by atoms with Crippen LogP contribution in [0.25, 0.3) is 0 Å². The molecule has 0 amide bonds. The Labute approximate surface area is 112 Å². The molecule has 1 aromatic heterocycles. The number of hydrogen-bond donors (Lipinski definition) is 2. The van der Waals surface area contributed by atoms with Crippen molar-refractivity contribution in [3.63, 3.8) is 0 Å². The number of aromatic carboxylic acids is 1. The highest BCUT2D eigenvalue weighted by atomic mass is 127. The third-order valence-corrected chi connectivity index (χ3v) is 2.92. The predicted molar refractivity (Wildman–Crippen MR) is 72.2 cm³/mol. The highest BCUT2D eigenvalue weighted by Gasteiger charge is 2.13. The summed E-state index contributed by atoms with van der Waals surface area (Å²) >= 11 is 2.22. The Morgan fingerprint density at radius 3 is 2.94 bits per heavy atom. The number of halogens is 1. The van der Waals surface area contributed by atoms with Crippen LogP contribution in [0.5, 0.6) is 0 Å². The van der Waals surface area contributed by atoms with Crippen LogP contribution in [0.1, 0.15) is 16.1 Å². The van der Waals surface area contributed by atoms with Gasteiger partial charge < -0.3 is 14.8 Å². The Kier molecular flexibility index (Phi) is 3.68. The monoisotopic (exact) mass is 343 g/mol. The number of hydrogen-bond acceptors (Lipinski definition) is 3. The molecular formula is C12H10INO3. The van der Waals surface area contributed by atoms with Crippen LogP contribution in [-0.4, -0.2) is 11.1 Å². The lowest BCUT2D eigenvalue weighted by molar-refractivity contribution is 0.0661. The summed E-state index contributed by atoms with van der Waals surface area (Å²) in [7, 11) is 0. The van der Waals surface area contributed by atoms with Crippen molar-refractivity contribution in [3.8, 4) is 0 Å². The van der Waals surface area contributed by atoms with Gasteiger partial charge in [-0.05, 0) is 46.9 Å². The molecule has 1 aromatic carbocycles. The zero-order chi connectivity index (χ0) is 12.3. The van der Waals surface area contributed by atoms with Gasteiger partial charge in [0.05, 0.1) is 6.26 Å². The first-order valence-electron chi connectivity index (χ1n) is 4.96. The van der Waals surface area contributed by atoms with Gasteiger partial charge in [-0.2, -0.15) is 0 Å². The van der Waals surface area contributed by atoms with Crippen LogP contribution in [0, 0.1) is 3.57 Å². The van der Waals surface area contributed by atoms with Gasteiger partial charge in [0, 0.05) is 21.4 Å². The van der Waals surface area contributed by atoms with Gasteiger partial charge in [0.15, 0.2) is 0 Å². The molecule has 5 heteroatoms. The van der Waals surface area contributed by atoms with Crippen molar-refractivity contribution in [2.45, 2.75) is 6.54 Å². The number of carbonyl (C=O) groups is 1. The predicted octanol–water partition coefficient (Wildman–Crippen LogP) is 3.19. The number of benzene rings is 1. The van der Waals surface area contributed by atoms with Crippen LogP contribution < -0.4 is 5.32 Å². The fraction of sp³-hybridized carbons (Fsp3) is 0.0833. The molecule has 2 aromatic rings. The van der Waals surface area contributed by atoms with Gasteiger partial charge in [0.1, 0.15) is 0 Å². The molecule has 1 heterocycles. The van der Waals surface area contributed by atoms with E-state index >= 15 is 0 Å². The first-order valence-corrected chi connectivity index (χ1v) is 6.04. The summed E-state index contributed by atoms with van der Waals surface area (Å²) in [6.45, 7) is 0.429. The van der Waals surface area contributed by atoms with Crippen LogP contribution in [0.3, 0.4) is 0 Å². The minimum Gasteiger partial charge on any atom is -0.475 e. The second-order valence-corrected chi connectivity index (χ2v) is 4.69. The average Bonchev–Trinajstić information content (AvgIpc) is 2.74. The molecule has 88 valence electrons. The van der Waals surface area contributed by atoms with E-state index in [0.717, 1.165) is 9.26 Å². The van der Waals surface area contributed by atoms with Crippen molar-refractivity contribution < 1.29 is 14.3 Å². The quantitative estimate of drug-likeness (QED) is 0.837. The maximum Gasteiger partial charge on any atom is 0.372 e. The van der Waals surface area contributed by atoms with E-state index in [1.807, 2.05) is 24.3 Å². The molecule has 0 unspecified atom stereocenters. The molecular weight excluding hydrogens is 333 g/mol. The van der Waals surface area contributed by atoms with Crippen molar-refractivity contribution in [2.75, 3.05) is 5.32 Å². The molecule has 0 saturated heterocycles. The van der Waals surface area contributed by atoms with E-state index in [0.29, 0.717) is 12.1 Å². The largest absolute Gasteiger partial charge is 0.475 e. The molecule has 2 N–H and O–H groups in total. The number of furan rings is 1. The summed E-state index contributed by atoms with van der Waals surface area (Å²) in [6.07, 6.45) is 1.38. The number of rotatable bonds is 4. The van der Waals surface area contributed by atoms with Crippen LogP contribution in [-0.2, 0) is 6.54 Å². The highest BCUT2D eigenvalue weighted by Crippen LogP contribution is 2.16. The summed E-state index contributed by atoms with van der Waals surface area (Å²) in [5.74, 6) is -1.06. The second kappa shape index (κ2) is 5.22. The highest BCUT2D eigenvalue weighted by molar-refractivity contribution is 14.1. The van der Waals surface area contributed by atoms with Gasteiger partial charge in [-0.15, -0.1) is 0 Å². The van der Waals surface area contributed by atoms with Gasteiger partial charge in [0.25, 0.3) is 0 Å². The van der Waals surface area contributed by atoms with E-state index in [1.54, 1.807) is 6.07 Å². The lowest BCUT2D eigenvalue weighted by Crippen LogP contribution is -2.04. The van der Waals surface area contributed by atoms with E-state index in [-0.39, 0.29) is 5.76 Å². The van der Waals surface area contributed by atoms with Crippen molar-refractivity contribution >= 4 is 34.2 Å². The van der Waals surface area contributed by atoms with Crippen molar-refractivity contribution in [1.82, 2.24) is 0 Å². The molecule has 0 atom stereocenters. The van der Waals surface area contributed by atoms with Crippen LogP contribution in [0.2, 0.25) is 0 Å². The minimum atomic E-state index is -1.05. The SMILES string of the molecule is O=C(O)c1occc1CNc1cccc(I)c1. The molecule has 0 fully saturated rings. The Balaban J connectivity index is 2.07. The molecule has 0 saturated carbocycles. The zero-order valence-corrected chi connectivity index (χ0v) is 11.0. The Bertz CT molecular complexity index is 536. The molecule has 0 spiro atoms. The molecule has 0 bridgehead atoms. The van der Waals surface area contributed by atoms with E-state index < -0.39 is 5.97 Å². The van der Waals surface area contributed by atoms with Crippen LogP contribution in [0.15, 0.2) is 41.0 Å². The fourth-order valence-electron chi connectivity index (χ4n) is 1.46. The number of anilines is 1.